The molecule has 1 fully saturated rings. The fourth-order valence-electron chi connectivity index (χ4n) is 2.76. The van der Waals surface area contributed by atoms with E-state index >= 15 is 0 Å². The Morgan fingerprint density at radius 1 is 1.33 bits per heavy atom. The van der Waals surface area contributed by atoms with Crippen molar-refractivity contribution in [1.82, 2.24) is 20.0 Å². The third-order valence-electron chi connectivity index (χ3n) is 4.11. The molecule has 3 heterocycles. The quantitative estimate of drug-likeness (QED) is 0.815. The van der Waals surface area contributed by atoms with E-state index in [1.165, 1.54) is 7.11 Å². The summed E-state index contributed by atoms with van der Waals surface area (Å²) in [6, 6.07) is 0. The van der Waals surface area contributed by atoms with Gasteiger partial charge >= 0.3 is 0 Å². The van der Waals surface area contributed by atoms with Crippen molar-refractivity contribution >= 4 is 5.91 Å². The van der Waals surface area contributed by atoms with E-state index in [0.29, 0.717) is 37.0 Å². The Labute approximate surface area is 139 Å². The van der Waals surface area contributed by atoms with Crippen LogP contribution in [0.25, 0.3) is 0 Å². The molecule has 0 saturated carbocycles. The van der Waals surface area contributed by atoms with E-state index in [-0.39, 0.29) is 12.0 Å². The van der Waals surface area contributed by atoms with Gasteiger partial charge in [-0.25, -0.2) is 9.97 Å². The first-order chi connectivity index (χ1) is 11.6. The zero-order valence-electron chi connectivity index (χ0n) is 14.0. The van der Waals surface area contributed by atoms with Crippen LogP contribution in [-0.4, -0.2) is 52.2 Å². The number of likely N-dealkylation sites (tertiary alicyclic amines) is 1. The maximum absolute atomic E-state index is 12.5. The molecule has 1 amide bonds. The summed E-state index contributed by atoms with van der Waals surface area (Å²) < 4.78 is 16.1. The molecule has 3 rings (SSSR count). The molecule has 1 saturated heterocycles. The Balaban J connectivity index is 1.60. The van der Waals surface area contributed by atoms with Gasteiger partial charge in [-0.1, -0.05) is 5.16 Å². The molecule has 0 N–H and O–H groups in total. The average Bonchev–Trinajstić information content (AvgIpc) is 3.17. The van der Waals surface area contributed by atoms with Crippen molar-refractivity contribution in [2.24, 2.45) is 0 Å². The van der Waals surface area contributed by atoms with Crippen molar-refractivity contribution in [3.05, 3.63) is 29.4 Å². The van der Waals surface area contributed by atoms with Crippen LogP contribution >= 0.6 is 0 Å². The molecule has 0 radical (unpaired) electrons. The van der Waals surface area contributed by atoms with E-state index in [1.54, 1.807) is 17.3 Å². The summed E-state index contributed by atoms with van der Waals surface area (Å²) in [7, 11) is 1.52. The second-order valence-corrected chi connectivity index (χ2v) is 5.72. The van der Waals surface area contributed by atoms with Gasteiger partial charge in [0.05, 0.1) is 25.8 Å². The Morgan fingerprint density at radius 3 is 2.75 bits per heavy atom. The van der Waals surface area contributed by atoms with Gasteiger partial charge in [0.15, 0.2) is 0 Å². The van der Waals surface area contributed by atoms with Crippen LogP contribution in [0.15, 0.2) is 16.9 Å². The number of hydrogen-bond donors (Lipinski definition) is 0. The van der Waals surface area contributed by atoms with Crippen LogP contribution < -0.4 is 9.47 Å². The van der Waals surface area contributed by atoms with Gasteiger partial charge in [-0.3, -0.25) is 4.79 Å². The highest BCUT2D eigenvalue weighted by atomic mass is 16.5. The summed E-state index contributed by atoms with van der Waals surface area (Å²) in [6.07, 6.45) is 4.01. The minimum absolute atomic E-state index is 0.0432. The lowest BCUT2D eigenvalue weighted by Gasteiger charge is -2.17. The van der Waals surface area contributed by atoms with E-state index in [0.717, 1.165) is 17.7 Å². The first-order valence-corrected chi connectivity index (χ1v) is 7.79. The number of aryl methyl sites for hydroxylation is 2. The van der Waals surface area contributed by atoms with Crippen LogP contribution in [0, 0.1) is 13.8 Å². The predicted octanol–water partition coefficient (Wildman–Crippen LogP) is 1.31. The van der Waals surface area contributed by atoms with Crippen LogP contribution in [0.2, 0.25) is 0 Å². The number of amides is 1. The van der Waals surface area contributed by atoms with Gasteiger partial charge in [0.25, 0.3) is 11.8 Å². The Morgan fingerprint density at radius 2 is 2.08 bits per heavy atom. The first kappa shape index (κ1) is 16.2. The number of carbonyl (C=O) groups is 1. The van der Waals surface area contributed by atoms with Crippen molar-refractivity contribution < 1.29 is 18.8 Å². The monoisotopic (exact) mass is 332 g/mol. The molecule has 0 bridgehead atoms. The number of rotatable bonds is 5. The normalized spacial score (nSPS) is 17.1. The Kier molecular flexibility index (Phi) is 4.64. The zero-order chi connectivity index (χ0) is 17.1. The van der Waals surface area contributed by atoms with Crippen molar-refractivity contribution in [2.75, 3.05) is 20.2 Å². The molecular formula is C16H20N4O4. The maximum atomic E-state index is 12.5. The second kappa shape index (κ2) is 6.86. The number of hydrogen-bond acceptors (Lipinski definition) is 7. The maximum Gasteiger partial charge on any atom is 0.278 e. The summed E-state index contributed by atoms with van der Waals surface area (Å²) in [5, 5.41) is 3.89. The van der Waals surface area contributed by atoms with Gasteiger partial charge in [0.1, 0.15) is 11.9 Å². The minimum atomic E-state index is -0.121. The van der Waals surface area contributed by atoms with E-state index < -0.39 is 0 Å². The highest BCUT2D eigenvalue weighted by molar-refractivity contribution is 5.79. The molecule has 0 unspecified atom stereocenters. The predicted molar refractivity (Wildman–Crippen MR) is 83.9 cm³/mol. The number of ether oxygens (including phenoxy) is 2. The molecule has 24 heavy (non-hydrogen) atoms. The van der Waals surface area contributed by atoms with E-state index in [9.17, 15) is 4.79 Å². The molecule has 1 aliphatic rings. The van der Waals surface area contributed by atoms with Gasteiger partial charge in [-0.05, 0) is 13.8 Å². The van der Waals surface area contributed by atoms with Gasteiger partial charge in [-0.2, -0.15) is 0 Å². The van der Waals surface area contributed by atoms with Crippen LogP contribution in [0.4, 0.5) is 0 Å². The molecule has 2 aromatic rings. The number of methoxy groups -OCH3 is 1. The number of carbonyl (C=O) groups excluding carboxylic acids is 1. The largest absolute Gasteiger partial charge is 0.477 e. The topological polar surface area (TPSA) is 90.6 Å². The SMILES string of the molecule is COc1nccnc1O[C@H]1CCN(C(=O)Cc2c(C)noc2C)C1. The average molecular weight is 332 g/mol. The van der Waals surface area contributed by atoms with Crippen LogP contribution in [-0.2, 0) is 11.2 Å². The van der Waals surface area contributed by atoms with Gasteiger partial charge in [0.2, 0.25) is 5.91 Å². The summed E-state index contributed by atoms with van der Waals surface area (Å²) in [5.74, 6) is 1.43. The van der Waals surface area contributed by atoms with Crippen LogP contribution in [0.1, 0.15) is 23.4 Å². The fraction of sp³-hybridized carbons (Fsp3) is 0.500. The standard InChI is InChI=1S/C16H20N4O4/c1-10-13(11(2)24-19-10)8-14(21)20-7-4-12(9-20)23-16-15(22-3)17-5-6-18-16/h5-6,12H,4,7-9H2,1-3H3/t12-/m0/s1. The molecule has 0 aliphatic carbocycles. The zero-order valence-corrected chi connectivity index (χ0v) is 14.0. The van der Waals surface area contributed by atoms with Crippen molar-refractivity contribution in [1.29, 1.82) is 0 Å². The van der Waals surface area contributed by atoms with E-state index in [1.807, 2.05) is 13.8 Å². The second-order valence-electron chi connectivity index (χ2n) is 5.72. The smallest absolute Gasteiger partial charge is 0.278 e. The molecule has 0 aromatic carbocycles. The lowest BCUT2D eigenvalue weighted by atomic mass is 10.1. The van der Waals surface area contributed by atoms with Gasteiger partial charge in [-0.15, -0.1) is 0 Å². The summed E-state index contributed by atoms with van der Waals surface area (Å²) in [6.45, 7) is 4.83. The molecule has 1 aliphatic heterocycles. The van der Waals surface area contributed by atoms with Crippen molar-refractivity contribution in [2.45, 2.75) is 32.8 Å². The third-order valence-corrected chi connectivity index (χ3v) is 4.11. The minimum Gasteiger partial charge on any atom is -0.477 e. The van der Waals surface area contributed by atoms with Crippen LogP contribution in [0.5, 0.6) is 11.8 Å². The highest BCUT2D eigenvalue weighted by Gasteiger charge is 2.29. The summed E-state index contributed by atoms with van der Waals surface area (Å²) >= 11 is 0. The van der Waals surface area contributed by atoms with E-state index in [4.69, 9.17) is 14.0 Å². The summed E-state index contributed by atoms with van der Waals surface area (Å²) in [5.41, 5.74) is 1.62. The third kappa shape index (κ3) is 3.32. The van der Waals surface area contributed by atoms with Crippen molar-refractivity contribution in [3.8, 4) is 11.8 Å². The first-order valence-electron chi connectivity index (χ1n) is 7.79. The van der Waals surface area contributed by atoms with Crippen LogP contribution in [0.3, 0.4) is 0 Å². The molecule has 8 heteroatoms. The lowest BCUT2D eigenvalue weighted by molar-refractivity contribution is -0.129. The van der Waals surface area contributed by atoms with E-state index in [2.05, 4.69) is 15.1 Å². The molecule has 0 spiro atoms. The highest BCUT2D eigenvalue weighted by Crippen LogP contribution is 2.24. The fourth-order valence-corrected chi connectivity index (χ4v) is 2.76. The lowest BCUT2D eigenvalue weighted by Crippen LogP contribution is -2.32. The van der Waals surface area contributed by atoms with Crippen molar-refractivity contribution in [3.63, 3.8) is 0 Å². The Bertz CT molecular complexity index is 711. The van der Waals surface area contributed by atoms with Gasteiger partial charge < -0.3 is 18.9 Å². The molecule has 128 valence electrons. The molecule has 1 atom stereocenters. The summed E-state index contributed by atoms with van der Waals surface area (Å²) in [4.78, 5) is 22.5. The van der Waals surface area contributed by atoms with Gasteiger partial charge in [0, 0.05) is 30.9 Å². The Hall–Kier alpha value is -2.64. The number of nitrogens with zero attached hydrogens (tertiary/aromatic N) is 4. The molecular weight excluding hydrogens is 312 g/mol. The molecule has 8 nitrogen and oxygen atoms in total. The number of aromatic nitrogens is 3. The molecule has 2 aromatic heterocycles.